The number of allylic oxidation sites excluding steroid dienone is 2. The molecule has 0 spiro atoms. The third-order valence-electron chi connectivity index (χ3n) is 15.2. The normalized spacial score (nSPS) is 20.2. The minimum atomic E-state index is -4.47. The quantitative estimate of drug-likeness (QED) is 0.0383. The van der Waals surface area contributed by atoms with E-state index in [1.165, 1.54) is 107 Å². The van der Waals surface area contributed by atoms with Crippen molar-refractivity contribution in [3.63, 3.8) is 0 Å². The smallest absolute Gasteiger partial charge is 0.298 e. The highest BCUT2D eigenvalue weighted by molar-refractivity contribution is 7.86. The van der Waals surface area contributed by atoms with Crippen LogP contribution in [0.1, 0.15) is 213 Å². The lowest BCUT2D eigenvalue weighted by molar-refractivity contribution is 0.293. The number of rotatable bonds is 26. The van der Waals surface area contributed by atoms with Crippen molar-refractivity contribution in [1.29, 1.82) is 5.26 Å². The van der Waals surface area contributed by atoms with Crippen molar-refractivity contribution in [2.45, 2.75) is 198 Å². The molecule has 0 heterocycles. The highest BCUT2D eigenvalue weighted by Crippen LogP contribution is 2.41. The molecule has 2 fully saturated rings. The van der Waals surface area contributed by atoms with Crippen LogP contribution in [0.15, 0.2) is 108 Å². The van der Waals surface area contributed by atoms with Crippen LogP contribution in [0.2, 0.25) is 0 Å². The maximum absolute atomic E-state index is 12.6. The van der Waals surface area contributed by atoms with E-state index in [4.69, 9.17) is 9.47 Å². The molecule has 0 radical (unpaired) electrons. The van der Waals surface area contributed by atoms with E-state index in [2.05, 4.69) is 112 Å². The van der Waals surface area contributed by atoms with Gasteiger partial charge in [-0.25, -0.2) is 0 Å². The summed E-state index contributed by atoms with van der Waals surface area (Å²) in [6.07, 6.45) is 28.4. The standard InChI is InChI=1S/C60H81NO5S/c1-5-7-10-15-47-18-28-52(29-19-47)53-34-37-58(38-35-53)65-43-49-24-32-54(33-25-49)56(17-13-9-12-14-45(3)42-61)40-46(4)51-26-22-50(23-27-51)44-66-59-39-36-57(41-60(59)67(62,63)64)55-30-20-48(21-31-55)16-11-8-6-2/h9,12,22-27,32-39,41,45-48,52,55-56H,5-8,10-11,13-21,28-31,40,43-44H2,1-4H3,(H,62,63,64)/b12-9+. The van der Waals surface area contributed by atoms with Crippen LogP contribution in [-0.4, -0.2) is 13.0 Å². The lowest BCUT2D eigenvalue weighted by atomic mass is 9.77. The van der Waals surface area contributed by atoms with Crippen LogP contribution in [0, 0.1) is 29.1 Å². The molecular formula is C60H81NO5S. The van der Waals surface area contributed by atoms with Crippen LogP contribution in [0.4, 0.5) is 0 Å². The van der Waals surface area contributed by atoms with Gasteiger partial charge in [0.1, 0.15) is 29.6 Å². The number of unbranched alkanes of at least 4 members (excludes halogenated alkanes) is 4. The highest BCUT2D eigenvalue weighted by atomic mass is 32.2. The Morgan fingerprint density at radius 1 is 0.672 bits per heavy atom. The predicted octanol–water partition coefficient (Wildman–Crippen LogP) is 17.0. The average Bonchev–Trinajstić information content (AvgIpc) is 3.35. The Morgan fingerprint density at radius 2 is 1.21 bits per heavy atom. The number of benzene rings is 4. The highest BCUT2D eigenvalue weighted by Gasteiger charge is 2.26. The van der Waals surface area contributed by atoms with Gasteiger partial charge in [0.15, 0.2) is 0 Å². The lowest BCUT2D eigenvalue weighted by Gasteiger charge is -2.29. The van der Waals surface area contributed by atoms with E-state index in [1.54, 1.807) is 12.1 Å². The molecule has 362 valence electrons. The van der Waals surface area contributed by atoms with Crippen LogP contribution in [0.3, 0.4) is 0 Å². The number of nitriles is 1. The van der Waals surface area contributed by atoms with Gasteiger partial charge in [-0.1, -0.05) is 151 Å². The molecule has 2 saturated carbocycles. The molecule has 6 rings (SSSR count). The van der Waals surface area contributed by atoms with Crippen LogP contribution in [0.25, 0.3) is 0 Å². The molecule has 67 heavy (non-hydrogen) atoms. The molecule has 2 aliphatic carbocycles. The second kappa shape index (κ2) is 27.0. The molecule has 0 aromatic heterocycles. The van der Waals surface area contributed by atoms with Gasteiger partial charge in [0.05, 0.1) is 6.07 Å². The van der Waals surface area contributed by atoms with E-state index >= 15 is 0 Å². The zero-order chi connectivity index (χ0) is 47.4. The van der Waals surface area contributed by atoms with Crippen molar-refractivity contribution in [2.24, 2.45) is 17.8 Å². The first kappa shape index (κ1) is 52.0. The summed E-state index contributed by atoms with van der Waals surface area (Å²) in [5, 5.41) is 9.24. The summed E-state index contributed by atoms with van der Waals surface area (Å²) >= 11 is 0. The molecule has 3 atom stereocenters. The minimum Gasteiger partial charge on any atom is -0.489 e. The molecule has 0 saturated heterocycles. The molecule has 2 aliphatic rings. The maximum Gasteiger partial charge on any atom is 0.298 e. The van der Waals surface area contributed by atoms with Crippen LogP contribution in [0.5, 0.6) is 11.5 Å². The number of hydrogen-bond donors (Lipinski definition) is 1. The summed E-state index contributed by atoms with van der Waals surface area (Å²) in [5.74, 6) is 4.41. The summed E-state index contributed by atoms with van der Waals surface area (Å²) in [6.45, 7) is 9.50. The summed E-state index contributed by atoms with van der Waals surface area (Å²) in [5.41, 5.74) is 7.06. The van der Waals surface area contributed by atoms with E-state index in [-0.39, 0.29) is 23.2 Å². The van der Waals surface area contributed by atoms with E-state index in [0.29, 0.717) is 30.3 Å². The van der Waals surface area contributed by atoms with Gasteiger partial charge in [-0.2, -0.15) is 13.7 Å². The van der Waals surface area contributed by atoms with Gasteiger partial charge in [0, 0.05) is 5.92 Å². The van der Waals surface area contributed by atoms with Crippen LogP contribution in [-0.2, 0) is 23.3 Å². The van der Waals surface area contributed by atoms with Crippen molar-refractivity contribution < 1.29 is 22.4 Å². The lowest BCUT2D eigenvalue weighted by Crippen LogP contribution is -2.14. The van der Waals surface area contributed by atoms with E-state index in [0.717, 1.165) is 72.8 Å². The van der Waals surface area contributed by atoms with Gasteiger partial charge in [0.2, 0.25) is 0 Å². The summed E-state index contributed by atoms with van der Waals surface area (Å²) in [7, 11) is -4.47. The first-order valence-electron chi connectivity index (χ1n) is 26.2. The second-order valence-electron chi connectivity index (χ2n) is 20.4. The van der Waals surface area contributed by atoms with Crippen LogP contribution >= 0.6 is 0 Å². The maximum atomic E-state index is 12.6. The third-order valence-corrected chi connectivity index (χ3v) is 16.1. The zero-order valence-corrected chi connectivity index (χ0v) is 42.2. The van der Waals surface area contributed by atoms with E-state index < -0.39 is 10.1 Å². The molecule has 0 amide bonds. The summed E-state index contributed by atoms with van der Waals surface area (Å²) < 4.78 is 47.8. The van der Waals surface area contributed by atoms with Gasteiger partial charge < -0.3 is 9.47 Å². The van der Waals surface area contributed by atoms with Crippen molar-refractivity contribution in [2.75, 3.05) is 0 Å². The Kier molecular flexibility index (Phi) is 20.9. The third kappa shape index (κ3) is 16.7. The van der Waals surface area contributed by atoms with Gasteiger partial charge >= 0.3 is 0 Å². The minimum absolute atomic E-state index is 0.0166. The number of ether oxygens (including phenoxy) is 2. The molecule has 0 aliphatic heterocycles. The number of nitrogens with zero attached hydrogens (tertiary/aromatic N) is 1. The molecule has 4 aromatic rings. The molecule has 3 unspecified atom stereocenters. The monoisotopic (exact) mass is 928 g/mol. The molecule has 6 nitrogen and oxygen atoms in total. The largest absolute Gasteiger partial charge is 0.489 e. The number of hydrogen-bond acceptors (Lipinski definition) is 5. The molecule has 1 N–H and O–H groups in total. The van der Waals surface area contributed by atoms with Gasteiger partial charge in [-0.15, -0.1) is 0 Å². The SMILES string of the molecule is CCCCCC1CCC(c2ccc(OCc3ccc(C(CC/C=C/CC(C)C#N)CC(C)c4ccc(COc5ccc(C6CCC(CCCCC)CC6)cc5S(=O)(=O)O)cc4)cc3)cc2)CC1. The molecule has 7 heteroatoms. The second-order valence-corrected chi connectivity index (χ2v) is 21.8. The van der Waals surface area contributed by atoms with Gasteiger partial charge in [-0.3, -0.25) is 4.55 Å². The molecule has 0 bridgehead atoms. The molecule has 4 aromatic carbocycles. The molecular weight excluding hydrogens is 847 g/mol. The van der Waals surface area contributed by atoms with Crippen molar-refractivity contribution in [3.8, 4) is 17.6 Å². The Morgan fingerprint density at radius 3 is 1.76 bits per heavy atom. The zero-order valence-electron chi connectivity index (χ0n) is 41.3. The van der Waals surface area contributed by atoms with E-state index in [1.807, 2.05) is 13.0 Å². The Bertz CT molecular complexity index is 2230. The average molecular weight is 928 g/mol. The predicted molar refractivity (Wildman–Crippen MR) is 275 cm³/mol. The van der Waals surface area contributed by atoms with Crippen molar-refractivity contribution in [3.05, 3.63) is 137 Å². The summed E-state index contributed by atoms with van der Waals surface area (Å²) in [6, 6.07) is 33.9. The van der Waals surface area contributed by atoms with Gasteiger partial charge in [0.25, 0.3) is 10.1 Å². The summed E-state index contributed by atoms with van der Waals surface area (Å²) in [4.78, 5) is -0.147. The first-order valence-corrected chi connectivity index (χ1v) is 27.7. The van der Waals surface area contributed by atoms with E-state index in [9.17, 15) is 18.2 Å². The van der Waals surface area contributed by atoms with Crippen molar-refractivity contribution in [1.82, 2.24) is 0 Å². The van der Waals surface area contributed by atoms with Crippen molar-refractivity contribution >= 4 is 10.1 Å². The Labute approximate surface area is 405 Å². The Balaban J connectivity index is 1.03. The Hall–Kier alpha value is -4.38. The topological polar surface area (TPSA) is 96.6 Å². The van der Waals surface area contributed by atoms with Gasteiger partial charge in [-0.05, 0) is 177 Å². The fourth-order valence-corrected chi connectivity index (χ4v) is 11.4. The fraction of sp³-hybridized carbons (Fsp3) is 0.550. The fourth-order valence-electron chi connectivity index (χ4n) is 10.8. The first-order chi connectivity index (χ1) is 32.5. The van der Waals surface area contributed by atoms with Crippen LogP contribution < -0.4 is 9.47 Å².